The van der Waals surface area contributed by atoms with Gasteiger partial charge in [-0.25, -0.2) is 4.79 Å². The number of fused-ring (bicyclic) bond motifs is 1. The Hall–Kier alpha value is -1.95. The second-order valence-corrected chi connectivity index (χ2v) is 5.66. The minimum atomic E-state index is -0.485. The van der Waals surface area contributed by atoms with E-state index in [0.717, 1.165) is 22.0 Å². The fraction of sp³-hybridized carbons (Fsp3) is 0.333. The second kappa shape index (κ2) is 6.22. The van der Waals surface area contributed by atoms with Gasteiger partial charge in [0.15, 0.2) is 0 Å². The van der Waals surface area contributed by atoms with Crippen LogP contribution in [-0.2, 0) is 4.74 Å². The van der Waals surface area contributed by atoms with Crippen molar-refractivity contribution in [1.29, 1.82) is 0 Å². The largest absolute Gasteiger partial charge is 0.460 e. The van der Waals surface area contributed by atoms with E-state index < -0.39 is 5.97 Å². The molecule has 0 bridgehead atoms. The minimum absolute atomic E-state index is 0.0826. The Morgan fingerprint density at radius 2 is 2.05 bits per heavy atom. The number of furan rings is 1. The Kier molecular flexibility index (Phi) is 4.57. The molecule has 6 heteroatoms. The van der Waals surface area contributed by atoms with Gasteiger partial charge in [-0.1, -0.05) is 6.07 Å². The summed E-state index contributed by atoms with van der Waals surface area (Å²) in [5.41, 5.74) is 1.27. The number of nitrogens with zero attached hydrogens (tertiary/aromatic N) is 1. The SMILES string of the molecule is CCOC(=O)c1oc2cccc(SC(=O)N(C)C)c2c1C. The van der Waals surface area contributed by atoms with Crippen LogP contribution in [0.2, 0.25) is 0 Å². The molecule has 0 spiro atoms. The second-order valence-electron chi connectivity index (χ2n) is 4.67. The first-order valence-electron chi connectivity index (χ1n) is 6.54. The molecule has 2 aromatic rings. The molecule has 0 aliphatic heterocycles. The van der Waals surface area contributed by atoms with Crippen molar-refractivity contribution >= 4 is 33.9 Å². The smallest absolute Gasteiger partial charge is 0.374 e. The van der Waals surface area contributed by atoms with Gasteiger partial charge < -0.3 is 14.1 Å². The number of thioether (sulfide) groups is 1. The number of esters is 1. The van der Waals surface area contributed by atoms with E-state index >= 15 is 0 Å². The zero-order chi connectivity index (χ0) is 15.6. The van der Waals surface area contributed by atoms with Crippen molar-refractivity contribution in [3.63, 3.8) is 0 Å². The Morgan fingerprint density at radius 1 is 1.33 bits per heavy atom. The monoisotopic (exact) mass is 307 g/mol. The molecule has 1 aromatic heterocycles. The van der Waals surface area contributed by atoms with Crippen LogP contribution in [0.4, 0.5) is 4.79 Å². The fourth-order valence-corrected chi connectivity index (χ4v) is 2.80. The Labute approximate surface area is 127 Å². The van der Waals surface area contributed by atoms with E-state index in [9.17, 15) is 9.59 Å². The number of aryl methyl sites for hydroxylation is 1. The molecule has 0 saturated carbocycles. The number of rotatable bonds is 3. The lowest BCUT2D eigenvalue weighted by Crippen LogP contribution is -2.16. The van der Waals surface area contributed by atoms with Gasteiger partial charge >= 0.3 is 5.97 Å². The standard InChI is InChI=1S/C15H17NO4S/c1-5-19-14(17)13-9(2)12-10(20-13)7-6-8-11(12)21-15(18)16(3)4/h6-8H,5H2,1-4H3. The van der Waals surface area contributed by atoms with Crippen LogP contribution in [0.3, 0.4) is 0 Å². The van der Waals surface area contributed by atoms with Crippen LogP contribution in [0.5, 0.6) is 0 Å². The van der Waals surface area contributed by atoms with E-state index in [0.29, 0.717) is 11.1 Å². The molecule has 21 heavy (non-hydrogen) atoms. The Bertz CT molecular complexity index is 690. The quantitative estimate of drug-likeness (QED) is 0.639. The van der Waals surface area contributed by atoms with Crippen molar-refractivity contribution in [2.24, 2.45) is 0 Å². The Morgan fingerprint density at radius 3 is 2.67 bits per heavy atom. The summed E-state index contributed by atoms with van der Waals surface area (Å²) in [6.45, 7) is 3.82. The number of carbonyl (C=O) groups excluding carboxylic acids is 2. The normalized spacial score (nSPS) is 10.7. The summed E-state index contributed by atoms with van der Waals surface area (Å²) in [6.07, 6.45) is 0. The summed E-state index contributed by atoms with van der Waals surface area (Å²) in [5.74, 6) is -0.293. The first-order valence-corrected chi connectivity index (χ1v) is 7.35. The molecule has 1 heterocycles. The highest BCUT2D eigenvalue weighted by molar-refractivity contribution is 8.13. The summed E-state index contributed by atoms with van der Waals surface area (Å²) in [5, 5.41) is 0.696. The van der Waals surface area contributed by atoms with Crippen molar-refractivity contribution in [1.82, 2.24) is 4.90 Å². The predicted molar refractivity (Wildman–Crippen MR) is 81.8 cm³/mol. The molecule has 1 aromatic carbocycles. The average molecular weight is 307 g/mol. The molecule has 0 fully saturated rings. The zero-order valence-corrected chi connectivity index (χ0v) is 13.2. The van der Waals surface area contributed by atoms with E-state index in [-0.39, 0.29) is 17.6 Å². The third-order valence-corrected chi connectivity index (χ3v) is 4.04. The molecule has 0 saturated heterocycles. The summed E-state index contributed by atoms with van der Waals surface area (Å²) in [4.78, 5) is 26.0. The van der Waals surface area contributed by atoms with E-state index in [1.165, 1.54) is 4.90 Å². The average Bonchev–Trinajstić information content (AvgIpc) is 2.77. The molecule has 2 rings (SSSR count). The number of ether oxygens (including phenoxy) is 1. The molecular formula is C15H17NO4S. The predicted octanol–water partition coefficient (Wildman–Crippen LogP) is 3.69. The molecule has 5 nitrogen and oxygen atoms in total. The maximum Gasteiger partial charge on any atom is 0.374 e. The molecular weight excluding hydrogens is 290 g/mol. The summed E-state index contributed by atoms with van der Waals surface area (Å²) in [7, 11) is 3.39. The van der Waals surface area contributed by atoms with Gasteiger partial charge in [0.1, 0.15) is 5.58 Å². The highest BCUT2D eigenvalue weighted by Gasteiger charge is 2.21. The minimum Gasteiger partial charge on any atom is -0.460 e. The first-order chi connectivity index (χ1) is 9.95. The van der Waals surface area contributed by atoms with Gasteiger partial charge in [-0.3, -0.25) is 4.79 Å². The van der Waals surface area contributed by atoms with E-state index in [2.05, 4.69) is 0 Å². The molecule has 0 atom stereocenters. The third-order valence-electron chi connectivity index (χ3n) is 2.94. The van der Waals surface area contributed by atoms with Crippen molar-refractivity contribution in [3.05, 3.63) is 29.5 Å². The van der Waals surface area contributed by atoms with Gasteiger partial charge in [-0.15, -0.1) is 0 Å². The molecule has 0 aliphatic rings. The van der Waals surface area contributed by atoms with Crippen LogP contribution in [0.15, 0.2) is 27.5 Å². The zero-order valence-electron chi connectivity index (χ0n) is 12.4. The molecule has 1 amide bonds. The molecule has 0 unspecified atom stereocenters. The van der Waals surface area contributed by atoms with Crippen LogP contribution in [0, 0.1) is 6.92 Å². The molecule has 112 valence electrons. The van der Waals surface area contributed by atoms with Crippen LogP contribution >= 0.6 is 11.8 Å². The fourth-order valence-electron chi connectivity index (χ4n) is 1.93. The van der Waals surface area contributed by atoms with Crippen molar-refractivity contribution in [2.45, 2.75) is 18.7 Å². The van der Waals surface area contributed by atoms with Crippen molar-refractivity contribution in [2.75, 3.05) is 20.7 Å². The summed E-state index contributed by atoms with van der Waals surface area (Å²) in [6, 6.07) is 5.41. The number of amides is 1. The van der Waals surface area contributed by atoms with Gasteiger partial charge in [0.25, 0.3) is 5.24 Å². The lowest BCUT2D eigenvalue weighted by Gasteiger charge is -2.09. The van der Waals surface area contributed by atoms with E-state index in [1.54, 1.807) is 40.1 Å². The van der Waals surface area contributed by atoms with E-state index in [4.69, 9.17) is 9.15 Å². The number of hydrogen-bond acceptors (Lipinski definition) is 5. The van der Waals surface area contributed by atoms with Crippen molar-refractivity contribution in [3.8, 4) is 0 Å². The maximum atomic E-state index is 11.9. The lowest BCUT2D eigenvalue weighted by atomic mass is 10.1. The first kappa shape index (κ1) is 15.4. The van der Waals surface area contributed by atoms with Crippen molar-refractivity contribution < 1.29 is 18.7 Å². The maximum absolute atomic E-state index is 11.9. The molecule has 0 N–H and O–H groups in total. The summed E-state index contributed by atoms with van der Waals surface area (Å²) < 4.78 is 10.6. The lowest BCUT2D eigenvalue weighted by molar-refractivity contribution is 0.0491. The van der Waals surface area contributed by atoms with E-state index in [1.807, 2.05) is 6.07 Å². The highest BCUT2D eigenvalue weighted by Crippen LogP contribution is 2.35. The van der Waals surface area contributed by atoms with Crippen LogP contribution < -0.4 is 0 Å². The summed E-state index contributed by atoms with van der Waals surface area (Å²) >= 11 is 1.11. The van der Waals surface area contributed by atoms with Gasteiger partial charge in [-0.2, -0.15) is 0 Å². The third kappa shape index (κ3) is 3.05. The topological polar surface area (TPSA) is 59.8 Å². The number of hydrogen-bond donors (Lipinski definition) is 0. The molecule has 0 aliphatic carbocycles. The van der Waals surface area contributed by atoms with Gasteiger partial charge in [0.05, 0.1) is 6.61 Å². The Balaban J connectivity index is 2.49. The van der Waals surface area contributed by atoms with Gasteiger partial charge in [0, 0.05) is 29.9 Å². The van der Waals surface area contributed by atoms with Gasteiger partial charge in [-0.05, 0) is 37.7 Å². The van der Waals surface area contributed by atoms with Crippen LogP contribution in [0.1, 0.15) is 23.0 Å². The molecule has 0 radical (unpaired) electrons. The van der Waals surface area contributed by atoms with Crippen LogP contribution in [-0.4, -0.2) is 36.8 Å². The van der Waals surface area contributed by atoms with Crippen LogP contribution in [0.25, 0.3) is 11.0 Å². The van der Waals surface area contributed by atoms with Gasteiger partial charge in [0.2, 0.25) is 5.76 Å². The number of carbonyl (C=O) groups is 2. The number of benzene rings is 1. The highest BCUT2D eigenvalue weighted by atomic mass is 32.2.